The number of carbonyl (C=O) groups excluding carboxylic acids is 3. The maximum atomic E-state index is 12.0. The van der Waals surface area contributed by atoms with E-state index in [0.29, 0.717) is 19.0 Å². The van der Waals surface area contributed by atoms with Crippen molar-refractivity contribution in [3.8, 4) is 41.9 Å². The molecule has 0 spiro atoms. The lowest BCUT2D eigenvalue weighted by Crippen LogP contribution is -2.40. The third kappa shape index (κ3) is 35.8. The second-order valence-corrected chi connectivity index (χ2v) is 21.0. The molecule has 79 heavy (non-hydrogen) atoms. The summed E-state index contributed by atoms with van der Waals surface area (Å²) in [4.78, 5) is 65.8. The van der Waals surface area contributed by atoms with Crippen LogP contribution in [0.2, 0.25) is 0 Å². The van der Waals surface area contributed by atoms with Crippen molar-refractivity contribution < 1.29 is 57.9 Å². The van der Waals surface area contributed by atoms with Gasteiger partial charge in [-0.25, -0.2) is 14.4 Å². The average molecular weight is 1240 g/mol. The molecule has 2 N–H and O–H groups in total. The Morgan fingerprint density at radius 1 is 0.684 bits per heavy atom. The summed E-state index contributed by atoms with van der Waals surface area (Å²) in [5, 5.41) is 43.1. The van der Waals surface area contributed by atoms with Crippen molar-refractivity contribution in [3.05, 3.63) is 133 Å². The minimum absolute atomic E-state index is 0.0502. The molecule has 28 heteroatoms. The molecule has 0 unspecified atom stereocenters. The van der Waals surface area contributed by atoms with Gasteiger partial charge in [-0.3, -0.25) is 30.3 Å². The lowest BCUT2D eigenvalue weighted by atomic mass is 9.94. The maximum absolute atomic E-state index is 12.0. The number of alkyl halides is 6. The van der Waals surface area contributed by atoms with Gasteiger partial charge in [-0.05, 0) is 163 Å². The fraction of sp³-hybridized carbons (Fsp3) is 0.392. The summed E-state index contributed by atoms with van der Waals surface area (Å²) in [7, 11) is 4.07. The van der Waals surface area contributed by atoms with Gasteiger partial charge >= 0.3 is 25.6 Å². The number of phenolic OH excluding ortho intramolecular Hbond substituents is 1. The highest BCUT2D eigenvalue weighted by Gasteiger charge is 2.32. The molecular formula is C51H57Cl7N6O15. The van der Waals surface area contributed by atoms with Gasteiger partial charge < -0.3 is 43.9 Å². The number of aromatic hydroxyl groups is 1. The first-order valence-corrected chi connectivity index (χ1v) is 26.1. The smallest absolute Gasteiger partial charge is 0.508 e. The predicted octanol–water partition coefficient (Wildman–Crippen LogP) is 13.8. The number of nitro groups is 3. The van der Waals surface area contributed by atoms with Gasteiger partial charge in [-0.2, -0.15) is 0 Å². The zero-order chi connectivity index (χ0) is 59.4. The van der Waals surface area contributed by atoms with Gasteiger partial charge in [-0.15, -0.1) is 24.7 Å². The van der Waals surface area contributed by atoms with E-state index >= 15 is 0 Å². The molecular weight excluding hydrogens is 1180 g/mol. The number of nitro benzene ring substituents is 3. The maximum Gasteiger partial charge on any atom is 0.515 e. The Kier molecular flexibility index (Phi) is 35.1. The second kappa shape index (κ2) is 39.2. The van der Waals surface area contributed by atoms with Crippen LogP contribution in [-0.2, 0) is 14.2 Å². The summed E-state index contributed by atoms with van der Waals surface area (Å²) in [5.41, 5.74) is -0.138. The highest BCUT2D eigenvalue weighted by atomic mass is 35.6. The predicted molar refractivity (Wildman–Crippen MR) is 305 cm³/mol. The summed E-state index contributed by atoms with van der Waals surface area (Å²) in [6.45, 7) is 5.51. The lowest BCUT2D eigenvalue weighted by Gasteiger charge is -2.30. The van der Waals surface area contributed by atoms with E-state index in [9.17, 15) is 44.7 Å². The van der Waals surface area contributed by atoms with Crippen LogP contribution >= 0.6 is 81.2 Å². The molecule has 1 amide bonds. The van der Waals surface area contributed by atoms with Crippen LogP contribution in [0.3, 0.4) is 0 Å². The van der Waals surface area contributed by atoms with Gasteiger partial charge in [0.1, 0.15) is 17.2 Å². The number of carbonyl (C=O) groups is 3. The number of hydrogen-bond acceptors (Lipinski definition) is 17. The van der Waals surface area contributed by atoms with Crippen LogP contribution in [-0.4, -0.2) is 104 Å². The quantitative estimate of drug-likeness (QED) is 0.0414. The standard InChI is InChI=1S/C15H16N2O4.C8H11N.C8H13N.C7H4ClNO4.C6H5NO3.C4H8O.C3Cl6O3/c1-2-4-12-7-9-16(10-8-12)15(18)21-14-6-3-5-13(11-14)17(19)20;1-9(2)8-6-4-3-5-7-8;1-2-3-8-4-6-9-7-5-8;8-7(10)13-6-3-1-2-5(4-6)9(11)12;8-6-3-1-2-5(4-6)7(9)10;1-2-4-5-3-1;4-2(5,6)11-1(10)12-3(7,8)9/h1,3,5-6,11-12H,4,7-10H2;3-7H,1-2H3;1,8-9H,3-7H2;1-4H;1-4,8H;1-4H2;. The van der Waals surface area contributed by atoms with Crippen LogP contribution in [0.5, 0.6) is 17.2 Å². The van der Waals surface area contributed by atoms with E-state index < -0.39 is 40.4 Å². The Bertz CT molecular complexity index is 2560. The Hall–Kier alpha value is -6.24. The number of nitrogens with one attached hydrogen (secondary N) is 1. The van der Waals surface area contributed by atoms with Crippen molar-refractivity contribution in [1.29, 1.82) is 0 Å². The van der Waals surface area contributed by atoms with Crippen molar-refractivity contribution in [3.63, 3.8) is 0 Å². The SMILES string of the molecule is C#CCC1CCN(C(=O)Oc2cccc([N+](=O)[O-])c2)CC1.C#CCC1CCNCC1.C1CCOC1.CN(C)c1ccccc1.O=C(Cl)Oc1cccc([N+](=O)[O-])c1.O=C(OC(Cl)(Cl)Cl)OC(Cl)(Cl)Cl.O=[N+]([O-])c1cccc(O)c1. The second-order valence-electron chi connectivity index (χ2n) is 16.3. The molecule has 430 valence electrons. The Balaban J connectivity index is 0.000000478. The lowest BCUT2D eigenvalue weighted by molar-refractivity contribution is -0.385. The summed E-state index contributed by atoms with van der Waals surface area (Å²) < 4.78 is 18.1. The van der Waals surface area contributed by atoms with Crippen LogP contribution in [0.1, 0.15) is 51.4 Å². The van der Waals surface area contributed by atoms with E-state index in [1.54, 1.807) is 4.90 Å². The summed E-state index contributed by atoms with van der Waals surface area (Å²) >= 11 is 35.1. The number of amides is 1. The van der Waals surface area contributed by atoms with E-state index in [4.69, 9.17) is 109 Å². The molecule has 4 aromatic carbocycles. The van der Waals surface area contributed by atoms with Crippen LogP contribution in [0.4, 0.5) is 37.1 Å². The number of anilines is 1. The van der Waals surface area contributed by atoms with Gasteiger partial charge in [0.25, 0.3) is 17.1 Å². The molecule has 3 fully saturated rings. The number of non-ortho nitro benzene ring substituents is 3. The number of likely N-dealkylation sites (tertiary alicyclic amines) is 1. The first kappa shape index (κ1) is 70.8. The minimum atomic E-state index is -2.24. The minimum Gasteiger partial charge on any atom is -0.508 e. The third-order valence-electron chi connectivity index (χ3n) is 10.1. The molecule has 3 saturated heterocycles. The summed E-state index contributed by atoms with van der Waals surface area (Å²) in [6, 6.07) is 26.3. The Morgan fingerprint density at radius 3 is 1.47 bits per heavy atom. The number of hydrogen-bond donors (Lipinski definition) is 2. The number of benzene rings is 4. The van der Waals surface area contributed by atoms with Crippen LogP contribution in [0.15, 0.2) is 103 Å². The van der Waals surface area contributed by atoms with Crippen molar-refractivity contribution in [2.45, 2.75) is 59.3 Å². The molecule has 7 rings (SSSR count). The number of nitrogens with zero attached hydrogens (tertiary/aromatic N) is 5. The first-order valence-electron chi connectivity index (χ1n) is 23.4. The molecule has 3 aliphatic rings. The van der Waals surface area contributed by atoms with Gasteiger partial charge in [0, 0.05) is 88.7 Å². The number of phenols is 1. The first-order chi connectivity index (χ1) is 37.2. The van der Waals surface area contributed by atoms with Gasteiger partial charge in [0.2, 0.25) is 0 Å². The van der Waals surface area contributed by atoms with Crippen LogP contribution < -0.4 is 19.7 Å². The highest BCUT2D eigenvalue weighted by molar-refractivity contribution is 6.67. The van der Waals surface area contributed by atoms with Crippen molar-refractivity contribution >= 4 is 122 Å². The Labute approximate surface area is 491 Å². The third-order valence-corrected chi connectivity index (χ3v) is 10.7. The largest absolute Gasteiger partial charge is 0.515 e. The van der Waals surface area contributed by atoms with Gasteiger partial charge in [-0.1, -0.05) is 36.4 Å². The van der Waals surface area contributed by atoms with E-state index in [0.717, 1.165) is 70.0 Å². The van der Waals surface area contributed by atoms with E-state index in [1.807, 2.05) is 32.3 Å². The van der Waals surface area contributed by atoms with E-state index in [1.165, 1.54) is 92.0 Å². The number of terminal acetylenes is 2. The van der Waals surface area contributed by atoms with Crippen molar-refractivity contribution in [2.24, 2.45) is 11.8 Å². The topological polar surface area (TPSA) is 266 Å². The zero-order valence-corrected chi connectivity index (χ0v) is 47.9. The average Bonchev–Trinajstić information content (AvgIpc) is 3.98. The summed E-state index contributed by atoms with van der Waals surface area (Å²) in [5.74, 6) is 6.75. The number of ether oxygens (including phenoxy) is 5. The number of piperidine rings is 2. The fourth-order valence-electron chi connectivity index (χ4n) is 6.37. The molecule has 0 saturated carbocycles. The van der Waals surface area contributed by atoms with Gasteiger partial charge in [0.15, 0.2) is 0 Å². The van der Waals surface area contributed by atoms with E-state index in [2.05, 4.69) is 48.4 Å². The molecule has 0 aromatic heterocycles. The monoisotopic (exact) mass is 1240 g/mol. The molecule has 0 aliphatic carbocycles. The molecule has 0 radical (unpaired) electrons. The fourth-order valence-corrected chi connectivity index (χ4v) is 6.84. The van der Waals surface area contributed by atoms with Crippen molar-refractivity contribution in [2.75, 3.05) is 58.4 Å². The van der Waals surface area contributed by atoms with Crippen LogP contribution in [0.25, 0.3) is 0 Å². The van der Waals surface area contributed by atoms with Crippen molar-refractivity contribution in [1.82, 2.24) is 10.2 Å². The molecule has 3 aliphatic heterocycles. The molecule has 3 heterocycles. The number of rotatable bonds is 8. The number of para-hydroxylation sites is 1. The molecule has 21 nitrogen and oxygen atoms in total. The van der Waals surface area contributed by atoms with Gasteiger partial charge in [0.05, 0.1) is 33.0 Å². The summed E-state index contributed by atoms with van der Waals surface area (Å²) in [6.07, 6.45) is 17.1. The Morgan fingerprint density at radius 2 is 1.11 bits per heavy atom. The normalized spacial score (nSPS) is 13.6. The van der Waals surface area contributed by atoms with E-state index in [-0.39, 0.29) is 34.3 Å². The zero-order valence-electron chi connectivity index (χ0n) is 42.6. The number of halogens is 7. The molecule has 4 aromatic rings. The highest BCUT2D eigenvalue weighted by Crippen LogP contribution is 2.32. The molecule has 0 bridgehead atoms. The molecule has 0 atom stereocenters. The van der Waals surface area contributed by atoms with Crippen LogP contribution in [0, 0.1) is 66.9 Å².